The smallest absolute Gasteiger partial charge is 0.276 e. The minimum Gasteiger partial charge on any atom is -0.484 e. The van der Waals surface area contributed by atoms with E-state index in [9.17, 15) is 14.0 Å². The average molecular weight is 395 g/mol. The van der Waals surface area contributed by atoms with Crippen LogP contribution in [0.15, 0.2) is 40.9 Å². The normalized spacial score (nSPS) is 10.2. The second-order valence-electron chi connectivity index (χ2n) is 5.24. The number of hydrogen-bond acceptors (Lipinski definition) is 3. The lowest BCUT2D eigenvalue weighted by molar-refractivity contribution is -0.123. The Labute approximate surface area is 147 Å². The van der Waals surface area contributed by atoms with Gasteiger partial charge in [-0.15, -0.1) is 0 Å². The molecule has 2 rings (SSSR count). The summed E-state index contributed by atoms with van der Waals surface area (Å²) in [5.74, 6) is -1.14. The summed E-state index contributed by atoms with van der Waals surface area (Å²) in [7, 11) is 0. The minimum absolute atomic E-state index is 0.0891. The first-order valence-electron chi connectivity index (χ1n) is 7.10. The van der Waals surface area contributed by atoms with Crippen molar-refractivity contribution in [1.82, 2.24) is 10.9 Å². The van der Waals surface area contributed by atoms with Gasteiger partial charge in [-0.25, -0.2) is 4.39 Å². The average Bonchev–Trinajstić information content (AvgIpc) is 2.52. The first-order valence-corrected chi connectivity index (χ1v) is 7.90. The number of benzene rings is 2. The molecule has 24 heavy (non-hydrogen) atoms. The van der Waals surface area contributed by atoms with E-state index in [-0.39, 0.29) is 16.6 Å². The van der Waals surface area contributed by atoms with Crippen LogP contribution in [0.5, 0.6) is 5.75 Å². The van der Waals surface area contributed by atoms with Crippen molar-refractivity contribution in [3.8, 4) is 5.75 Å². The van der Waals surface area contributed by atoms with Crippen molar-refractivity contribution in [2.45, 2.75) is 13.8 Å². The topological polar surface area (TPSA) is 67.4 Å². The highest BCUT2D eigenvalue weighted by molar-refractivity contribution is 9.10. The number of aryl methyl sites for hydroxylation is 2. The molecular weight excluding hydrogens is 379 g/mol. The molecule has 5 nitrogen and oxygen atoms in total. The zero-order valence-corrected chi connectivity index (χ0v) is 14.7. The number of nitrogens with one attached hydrogen (secondary N) is 2. The summed E-state index contributed by atoms with van der Waals surface area (Å²) < 4.78 is 19.0. The van der Waals surface area contributed by atoms with Crippen LogP contribution in [-0.4, -0.2) is 18.4 Å². The van der Waals surface area contributed by atoms with Crippen LogP contribution in [0.2, 0.25) is 0 Å². The van der Waals surface area contributed by atoms with Gasteiger partial charge in [-0.1, -0.05) is 6.07 Å². The molecule has 2 amide bonds. The van der Waals surface area contributed by atoms with Crippen molar-refractivity contribution in [3.05, 3.63) is 63.4 Å². The largest absolute Gasteiger partial charge is 0.484 e. The molecule has 0 aliphatic rings. The molecule has 0 heterocycles. The molecule has 0 aliphatic carbocycles. The molecule has 7 heteroatoms. The van der Waals surface area contributed by atoms with Gasteiger partial charge in [-0.2, -0.15) is 0 Å². The zero-order chi connectivity index (χ0) is 17.7. The molecule has 0 bridgehead atoms. The van der Waals surface area contributed by atoms with Gasteiger partial charge in [0.1, 0.15) is 11.6 Å². The van der Waals surface area contributed by atoms with E-state index in [0.29, 0.717) is 5.75 Å². The molecule has 2 aromatic rings. The van der Waals surface area contributed by atoms with Gasteiger partial charge in [0.15, 0.2) is 6.61 Å². The highest BCUT2D eigenvalue weighted by atomic mass is 79.9. The highest BCUT2D eigenvalue weighted by Gasteiger charge is 2.10. The molecule has 2 N–H and O–H groups in total. The van der Waals surface area contributed by atoms with Crippen molar-refractivity contribution in [2.75, 3.05) is 6.61 Å². The summed E-state index contributed by atoms with van der Waals surface area (Å²) in [4.78, 5) is 23.5. The van der Waals surface area contributed by atoms with E-state index < -0.39 is 17.6 Å². The fraction of sp³-hybridized carbons (Fsp3) is 0.176. The lowest BCUT2D eigenvalue weighted by Crippen LogP contribution is -2.43. The molecule has 0 aromatic heterocycles. The van der Waals surface area contributed by atoms with Crippen LogP contribution in [0.1, 0.15) is 21.5 Å². The number of rotatable bonds is 4. The maximum atomic E-state index is 13.4. The van der Waals surface area contributed by atoms with Crippen molar-refractivity contribution in [3.63, 3.8) is 0 Å². The minimum atomic E-state index is -0.624. The summed E-state index contributed by atoms with van der Waals surface area (Å²) in [6.07, 6.45) is 0. The Morgan fingerprint density at radius 1 is 1.08 bits per heavy atom. The maximum Gasteiger partial charge on any atom is 0.276 e. The molecule has 0 fully saturated rings. The summed E-state index contributed by atoms with van der Waals surface area (Å²) in [5, 5.41) is 0. The molecule has 126 valence electrons. The van der Waals surface area contributed by atoms with Crippen LogP contribution in [-0.2, 0) is 4.79 Å². The van der Waals surface area contributed by atoms with Crippen molar-refractivity contribution >= 4 is 27.7 Å². The number of carbonyl (C=O) groups excluding carboxylic acids is 2. The number of hydrogen-bond donors (Lipinski definition) is 2. The molecule has 0 spiro atoms. The molecule has 0 saturated carbocycles. The lowest BCUT2D eigenvalue weighted by Gasteiger charge is -2.10. The lowest BCUT2D eigenvalue weighted by atomic mass is 10.1. The van der Waals surface area contributed by atoms with Crippen molar-refractivity contribution in [2.24, 2.45) is 0 Å². The van der Waals surface area contributed by atoms with E-state index >= 15 is 0 Å². The van der Waals surface area contributed by atoms with Gasteiger partial charge in [-0.3, -0.25) is 20.4 Å². The van der Waals surface area contributed by atoms with Crippen LogP contribution in [0, 0.1) is 19.7 Å². The second kappa shape index (κ2) is 7.92. The second-order valence-corrected chi connectivity index (χ2v) is 6.10. The number of carbonyl (C=O) groups is 2. The van der Waals surface area contributed by atoms with E-state index in [4.69, 9.17) is 4.74 Å². The van der Waals surface area contributed by atoms with Gasteiger partial charge in [0, 0.05) is 5.56 Å². The Morgan fingerprint density at radius 3 is 2.38 bits per heavy atom. The predicted octanol–water partition coefficient (Wildman–Crippen LogP) is 3.05. The Kier molecular flexibility index (Phi) is 5.92. The summed E-state index contributed by atoms with van der Waals surface area (Å²) in [6, 6.07) is 9.52. The van der Waals surface area contributed by atoms with Crippen LogP contribution < -0.4 is 15.6 Å². The Hall–Kier alpha value is -2.41. The molecule has 2 aromatic carbocycles. The quantitative estimate of drug-likeness (QED) is 0.783. The maximum absolute atomic E-state index is 13.4. The Bertz CT molecular complexity index is 760. The summed E-state index contributed by atoms with van der Waals surface area (Å²) >= 11 is 3.00. The zero-order valence-electron chi connectivity index (χ0n) is 13.2. The third-order valence-corrected chi connectivity index (χ3v) is 3.71. The number of halogens is 2. The summed E-state index contributed by atoms with van der Waals surface area (Å²) in [5.41, 5.74) is 6.56. The van der Waals surface area contributed by atoms with Gasteiger partial charge in [0.2, 0.25) is 0 Å². The molecule has 0 aliphatic heterocycles. The standard InChI is InChI=1S/C17H16BrFN2O3/c1-10-5-11(2)7-13(6-10)24-9-16(22)20-21-17(23)12-3-4-14(18)15(19)8-12/h3-8H,9H2,1-2H3,(H,20,22)(H,21,23). The van der Waals surface area contributed by atoms with Gasteiger partial charge in [-0.05, 0) is 71.2 Å². The van der Waals surface area contributed by atoms with E-state index in [2.05, 4.69) is 26.8 Å². The SMILES string of the molecule is Cc1cc(C)cc(OCC(=O)NNC(=O)c2ccc(Br)c(F)c2)c1. The molecule has 0 radical (unpaired) electrons. The first kappa shape index (κ1) is 17.9. The van der Waals surface area contributed by atoms with Gasteiger partial charge < -0.3 is 4.74 Å². The molecule has 0 atom stereocenters. The number of hydrazine groups is 1. The van der Waals surface area contributed by atoms with Gasteiger partial charge >= 0.3 is 0 Å². The highest BCUT2D eigenvalue weighted by Crippen LogP contribution is 2.17. The van der Waals surface area contributed by atoms with E-state index in [1.165, 1.54) is 12.1 Å². The first-order chi connectivity index (χ1) is 11.3. The van der Waals surface area contributed by atoms with E-state index in [1.807, 2.05) is 32.0 Å². The van der Waals surface area contributed by atoms with Crippen molar-refractivity contribution < 1.29 is 18.7 Å². The van der Waals surface area contributed by atoms with Gasteiger partial charge in [0.25, 0.3) is 11.8 Å². The van der Waals surface area contributed by atoms with Crippen LogP contribution in [0.25, 0.3) is 0 Å². The fourth-order valence-electron chi connectivity index (χ4n) is 2.04. The Morgan fingerprint density at radius 2 is 1.75 bits per heavy atom. The monoisotopic (exact) mass is 394 g/mol. The van der Waals surface area contributed by atoms with Crippen LogP contribution in [0.3, 0.4) is 0 Å². The predicted molar refractivity (Wildman–Crippen MR) is 91.1 cm³/mol. The molecule has 0 unspecified atom stereocenters. The molecule has 0 saturated heterocycles. The Balaban J connectivity index is 1.84. The van der Waals surface area contributed by atoms with E-state index in [0.717, 1.165) is 17.2 Å². The van der Waals surface area contributed by atoms with Crippen LogP contribution >= 0.6 is 15.9 Å². The molecular formula is C17H16BrFN2O3. The third-order valence-electron chi connectivity index (χ3n) is 3.06. The number of amides is 2. The van der Waals surface area contributed by atoms with Crippen LogP contribution in [0.4, 0.5) is 4.39 Å². The van der Waals surface area contributed by atoms with Gasteiger partial charge in [0.05, 0.1) is 4.47 Å². The number of ether oxygens (including phenoxy) is 1. The van der Waals surface area contributed by atoms with Crippen molar-refractivity contribution in [1.29, 1.82) is 0 Å². The summed E-state index contributed by atoms with van der Waals surface area (Å²) in [6.45, 7) is 3.60. The fourth-order valence-corrected chi connectivity index (χ4v) is 2.28. The van der Waals surface area contributed by atoms with E-state index in [1.54, 1.807) is 0 Å². The third kappa shape index (κ3) is 5.06.